The molecule has 1 amide bonds. The summed E-state index contributed by atoms with van der Waals surface area (Å²) in [6.45, 7) is 3.37. The molecule has 1 atom stereocenters. The highest BCUT2D eigenvalue weighted by atomic mass is 32.2. The SMILES string of the molecule is CN[C@@H](C)C(=O)c1c(OC(=O)N(C)C)ccc(C=O)c1NS(=O)(=O)c1ccc(C)cc1. The quantitative estimate of drug-likeness (QED) is 0.471. The van der Waals surface area contributed by atoms with Crippen molar-refractivity contribution in [2.45, 2.75) is 24.8 Å². The van der Waals surface area contributed by atoms with Gasteiger partial charge < -0.3 is 15.0 Å². The van der Waals surface area contributed by atoms with E-state index >= 15 is 0 Å². The van der Waals surface area contributed by atoms with Gasteiger partial charge in [-0.1, -0.05) is 17.7 Å². The van der Waals surface area contributed by atoms with Crippen LogP contribution in [0.25, 0.3) is 0 Å². The Morgan fingerprint density at radius 3 is 2.23 bits per heavy atom. The van der Waals surface area contributed by atoms with Crippen molar-refractivity contribution in [1.29, 1.82) is 0 Å². The molecule has 31 heavy (non-hydrogen) atoms. The Bertz CT molecular complexity index is 1090. The van der Waals surface area contributed by atoms with Crippen LogP contribution in [0.4, 0.5) is 10.5 Å². The summed E-state index contributed by atoms with van der Waals surface area (Å²) in [5, 5.41) is 2.77. The predicted octanol–water partition coefficient (Wildman–Crippen LogP) is 2.46. The first-order valence-corrected chi connectivity index (χ1v) is 10.8. The molecule has 0 aliphatic rings. The van der Waals surface area contributed by atoms with E-state index in [-0.39, 0.29) is 27.5 Å². The minimum Gasteiger partial charge on any atom is -0.409 e. The monoisotopic (exact) mass is 447 g/mol. The van der Waals surface area contributed by atoms with Crippen LogP contribution >= 0.6 is 0 Å². The normalized spacial score (nSPS) is 12.0. The third kappa shape index (κ3) is 5.47. The van der Waals surface area contributed by atoms with Crippen molar-refractivity contribution in [2.75, 3.05) is 25.9 Å². The van der Waals surface area contributed by atoms with Gasteiger partial charge in [-0.25, -0.2) is 13.2 Å². The molecule has 0 radical (unpaired) electrons. The zero-order chi connectivity index (χ0) is 23.3. The Hall–Kier alpha value is -3.24. The topological polar surface area (TPSA) is 122 Å². The van der Waals surface area contributed by atoms with Crippen molar-refractivity contribution in [2.24, 2.45) is 0 Å². The number of carbonyl (C=O) groups is 3. The number of Topliss-reactive ketones (excluding diaryl/α,β-unsaturated/α-hetero) is 1. The first-order valence-electron chi connectivity index (χ1n) is 9.34. The highest BCUT2D eigenvalue weighted by molar-refractivity contribution is 7.92. The number of anilines is 1. The van der Waals surface area contributed by atoms with Crippen molar-refractivity contribution in [3.05, 3.63) is 53.1 Å². The zero-order valence-electron chi connectivity index (χ0n) is 17.9. The number of ketones is 1. The van der Waals surface area contributed by atoms with E-state index in [0.717, 1.165) is 10.5 Å². The van der Waals surface area contributed by atoms with Gasteiger partial charge in [0.1, 0.15) is 5.75 Å². The first kappa shape index (κ1) is 24.0. The van der Waals surface area contributed by atoms with E-state index in [1.807, 2.05) is 6.92 Å². The minimum atomic E-state index is -4.15. The van der Waals surface area contributed by atoms with Gasteiger partial charge in [0.05, 0.1) is 22.2 Å². The van der Waals surface area contributed by atoms with E-state index in [1.165, 1.54) is 38.4 Å². The number of carbonyl (C=O) groups excluding carboxylic acids is 3. The van der Waals surface area contributed by atoms with E-state index in [9.17, 15) is 22.8 Å². The number of ether oxygens (including phenoxy) is 1. The summed E-state index contributed by atoms with van der Waals surface area (Å²) in [6, 6.07) is 7.88. The number of aldehydes is 1. The van der Waals surface area contributed by atoms with Crippen molar-refractivity contribution >= 4 is 33.9 Å². The number of aryl methyl sites for hydroxylation is 1. The van der Waals surface area contributed by atoms with E-state index in [1.54, 1.807) is 26.1 Å². The van der Waals surface area contributed by atoms with Gasteiger partial charge in [-0.05, 0) is 45.2 Å². The second-order valence-electron chi connectivity index (χ2n) is 7.08. The van der Waals surface area contributed by atoms with E-state index in [4.69, 9.17) is 4.74 Å². The molecule has 0 saturated heterocycles. The number of nitrogens with one attached hydrogen (secondary N) is 2. The molecule has 2 aromatic carbocycles. The molecule has 0 unspecified atom stereocenters. The number of nitrogens with zero attached hydrogens (tertiary/aromatic N) is 1. The summed E-state index contributed by atoms with van der Waals surface area (Å²) in [7, 11) is 0.323. The van der Waals surface area contributed by atoms with Gasteiger partial charge in [-0.2, -0.15) is 0 Å². The van der Waals surface area contributed by atoms with Crippen LogP contribution in [0.5, 0.6) is 5.75 Å². The molecule has 2 N–H and O–H groups in total. The number of sulfonamides is 1. The summed E-state index contributed by atoms with van der Waals surface area (Å²) >= 11 is 0. The third-order valence-corrected chi connectivity index (χ3v) is 5.89. The molecule has 0 spiro atoms. The van der Waals surface area contributed by atoms with E-state index in [2.05, 4.69) is 10.0 Å². The molecule has 9 nitrogen and oxygen atoms in total. The molecule has 0 fully saturated rings. The van der Waals surface area contributed by atoms with Crippen molar-refractivity contribution < 1.29 is 27.5 Å². The second-order valence-corrected chi connectivity index (χ2v) is 8.76. The van der Waals surface area contributed by atoms with Crippen molar-refractivity contribution in [1.82, 2.24) is 10.2 Å². The molecular formula is C21H25N3O6S. The number of rotatable bonds is 8. The molecule has 0 bridgehead atoms. The number of benzene rings is 2. The summed E-state index contributed by atoms with van der Waals surface area (Å²) in [6.07, 6.45) is -0.344. The van der Waals surface area contributed by atoms with Gasteiger partial charge in [0.25, 0.3) is 10.0 Å². The van der Waals surface area contributed by atoms with Crippen LogP contribution < -0.4 is 14.8 Å². The van der Waals surface area contributed by atoms with E-state index < -0.39 is 27.9 Å². The smallest absolute Gasteiger partial charge is 0.409 e. The molecule has 0 aromatic heterocycles. The molecule has 2 rings (SSSR count). The van der Waals surface area contributed by atoms with Crippen LogP contribution in [0.3, 0.4) is 0 Å². The maximum Gasteiger partial charge on any atom is 0.414 e. The lowest BCUT2D eigenvalue weighted by Gasteiger charge is -2.20. The molecule has 0 saturated carbocycles. The number of likely N-dealkylation sites (N-methyl/N-ethyl adjacent to an activating group) is 1. The maximum absolute atomic E-state index is 13.1. The third-order valence-electron chi connectivity index (χ3n) is 4.53. The Labute approximate surface area is 181 Å². The fraction of sp³-hybridized carbons (Fsp3) is 0.286. The highest BCUT2D eigenvalue weighted by Gasteiger charge is 2.28. The summed E-state index contributed by atoms with van der Waals surface area (Å²) < 4.78 is 33.6. The number of hydrogen-bond acceptors (Lipinski definition) is 7. The molecule has 0 aliphatic heterocycles. The van der Waals surface area contributed by atoms with Crippen LogP contribution in [0.2, 0.25) is 0 Å². The Morgan fingerprint density at radius 2 is 1.71 bits per heavy atom. The first-order chi connectivity index (χ1) is 14.5. The average Bonchev–Trinajstić information content (AvgIpc) is 2.72. The van der Waals surface area contributed by atoms with Crippen molar-refractivity contribution in [3.8, 4) is 5.75 Å². The van der Waals surface area contributed by atoms with Gasteiger partial charge in [0.15, 0.2) is 12.1 Å². The summed E-state index contributed by atoms with van der Waals surface area (Å²) in [4.78, 5) is 38.0. The lowest BCUT2D eigenvalue weighted by atomic mass is 9.99. The van der Waals surface area contributed by atoms with Gasteiger partial charge in [0.2, 0.25) is 0 Å². The summed E-state index contributed by atoms with van der Waals surface area (Å²) in [5.74, 6) is -0.729. The Morgan fingerprint density at radius 1 is 1.10 bits per heavy atom. The lowest BCUT2D eigenvalue weighted by Crippen LogP contribution is -2.33. The van der Waals surface area contributed by atoms with Gasteiger partial charge >= 0.3 is 6.09 Å². The second kappa shape index (κ2) is 9.71. The van der Waals surface area contributed by atoms with Crippen LogP contribution in [0.1, 0.15) is 33.2 Å². The maximum atomic E-state index is 13.1. The van der Waals surface area contributed by atoms with Crippen LogP contribution in [0, 0.1) is 6.92 Å². The van der Waals surface area contributed by atoms with Crippen molar-refractivity contribution in [3.63, 3.8) is 0 Å². The van der Waals surface area contributed by atoms with E-state index in [0.29, 0.717) is 6.29 Å². The Balaban J connectivity index is 2.70. The highest BCUT2D eigenvalue weighted by Crippen LogP contribution is 2.33. The fourth-order valence-electron chi connectivity index (χ4n) is 2.58. The molecule has 10 heteroatoms. The minimum absolute atomic E-state index is 0.0503. The molecular weight excluding hydrogens is 422 g/mol. The average molecular weight is 448 g/mol. The number of amides is 1. The summed E-state index contributed by atoms with van der Waals surface area (Å²) in [5.41, 5.74) is 0.305. The van der Waals surface area contributed by atoms with Crippen LogP contribution in [-0.4, -0.2) is 58.7 Å². The molecule has 0 aliphatic carbocycles. The van der Waals surface area contributed by atoms with Gasteiger partial charge in [-0.3, -0.25) is 14.3 Å². The van der Waals surface area contributed by atoms with Gasteiger partial charge in [-0.15, -0.1) is 0 Å². The molecule has 0 heterocycles. The zero-order valence-corrected chi connectivity index (χ0v) is 18.7. The number of hydrogen-bond donors (Lipinski definition) is 2. The molecule has 2 aromatic rings. The predicted molar refractivity (Wildman–Crippen MR) is 116 cm³/mol. The Kier molecular flexibility index (Phi) is 7.53. The molecule has 166 valence electrons. The standard InChI is InChI=1S/C21H25N3O6S/c1-13-6-9-16(10-7-13)31(28,29)23-19-15(12-25)8-11-17(30-21(27)24(4)5)18(19)20(26)14(2)22-3/h6-12,14,22-23H,1-5H3/t14-/m0/s1. The lowest BCUT2D eigenvalue weighted by molar-refractivity contribution is 0.0952. The fourth-order valence-corrected chi connectivity index (χ4v) is 3.68. The van der Waals surface area contributed by atoms with Gasteiger partial charge in [0, 0.05) is 19.7 Å². The van der Waals surface area contributed by atoms with Crippen LogP contribution in [0.15, 0.2) is 41.3 Å². The van der Waals surface area contributed by atoms with Crippen LogP contribution in [-0.2, 0) is 10.0 Å². The largest absolute Gasteiger partial charge is 0.414 e.